The van der Waals surface area contributed by atoms with E-state index in [0.717, 1.165) is 6.07 Å². The topological polar surface area (TPSA) is 52.3 Å². The molecular formula is C13H13F4NO2S6. The highest BCUT2D eigenvalue weighted by atomic mass is 32.2. The quantitative estimate of drug-likeness (QED) is 0.143. The lowest BCUT2D eigenvalue weighted by Gasteiger charge is -2.22. The first-order valence-corrected chi connectivity index (χ1v) is 10.6. The number of nitrogens with two attached hydrogens (primary N) is 1. The lowest BCUT2D eigenvalue weighted by molar-refractivity contribution is -0.127. The van der Waals surface area contributed by atoms with Crippen LogP contribution in [-0.2, 0) is 4.79 Å². The van der Waals surface area contributed by atoms with Crippen LogP contribution >= 0.6 is 73.4 Å². The molecule has 3 nitrogen and oxygen atoms in total. The number of thiocarbonyl (C=S) groups is 1. The SMILES string of the molecule is CC(C)C(N)C(S)C(=S)C(=O)Oc1c(SF)c(SF)cc(SF)c1SF. The summed E-state index contributed by atoms with van der Waals surface area (Å²) in [6, 6.07) is 0.332. The molecule has 2 atom stereocenters. The van der Waals surface area contributed by atoms with Crippen molar-refractivity contribution in [2.75, 3.05) is 0 Å². The summed E-state index contributed by atoms with van der Waals surface area (Å²) in [7, 11) is 0. The Morgan fingerprint density at radius 1 is 1.12 bits per heavy atom. The average Bonchev–Trinajstić information content (AvgIpc) is 2.64. The smallest absolute Gasteiger partial charge is 0.351 e. The number of rotatable bonds is 9. The van der Waals surface area contributed by atoms with Gasteiger partial charge in [0.25, 0.3) is 0 Å². The van der Waals surface area contributed by atoms with E-state index in [9.17, 15) is 20.3 Å². The van der Waals surface area contributed by atoms with Gasteiger partial charge in [-0.05, 0) is 12.0 Å². The number of thiol groups is 1. The van der Waals surface area contributed by atoms with Crippen LogP contribution in [0.25, 0.3) is 0 Å². The van der Waals surface area contributed by atoms with Gasteiger partial charge in [0.15, 0.2) is 5.75 Å². The molecule has 0 fully saturated rings. The molecule has 0 saturated heterocycles. The molecule has 0 saturated carbocycles. The van der Waals surface area contributed by atoms with Crippen molar-refractivity contribution in [1.29, 1.82) is 0 Å². The molecule has 0 aliphatic heterocycles. The molecule has 0 aliphatic carbocycles. The van der Waals surface area contributed by atoms with E-state index in [1.54, 1.807) is 13.8 Å². The summed E-state index contributed by atoms with van der Waals surface area (Å²) >= 11 is 7.44. The van der Waals surface area contributed by atoms with Gasteiger partial charge in [-0.15, -0.1) is 0 Å². The number of esters is 1. The van der Waals surface area contributed by atoms with E-state index >= 15 is 0 Å². The van der Waals surface area contributed by atoms with Crippen LogP contribution in [0.4, 0.5) is 15.5 Å². The third-order valence-electron chi connectivity index (χ3n) is 3.24. The van der Waals surface area contributed by atoms with Crippen molar-refractivity contribution in [3.63, 3.8) is 0 Å². The van der Waals surface area contributed by atoms with Crippen LogP contribution in [0.2, 0.25) is 0 Å². The molecule has 2 N–H and O–H groups in total. The van der Waals surface area contributed by atoms with Gasteiger partial charge in [0.1, 0.15) is 14.7 Å². The molecule has 0 spiro atoms. The normalized spacial score (nSPS) is 13.6. The maximum absolute atomic E-state index is 13.3. The summed E-state index contributed by atoms with van der Waals surface area (Å²) < 4.78 is 57.6. The van der Waals surface area contributed by atoms with Crippen molar-refractivity contribution in [2.45, 2.75) is 44.7 Å². The number of benzene rings is 1. The van der Waals surface area contributed by atoms with Crippen LogP contribution < -0.4 is 10.5 Å². The maximum Gasteiger partial charge on any atom is 0.351 e. The first-order chi connectivity index (χ1) is 12.2. The molecule has 1 aromatic rings. The fourth-order valence-electron chi connectivity index (χ4n) is 1.73. The molecule has 0 radical (unpaired) electrons. The van der Waals surface area contributed by atoms with Crippen molar-refractivity contribution in [2.24, 2.45) is 11.7 Å². The molecular weight excluding hydrogens is 471 g/mol. The van der Waals surface area contributed by atoms with E-state index in [1.165, 1.54) is 0 Å². The van der Waals surface area contributed by atoms with Crippen molar-refractivity contribution in [1.82, 2.24) is 0 Å². The second-order valence-corrected chi connectivity index (χ2v) is 8.50. The summed E-state index contributed by atoms with van der Waals surface area (Å²) in [6.45, 7) is 3.59. The zero-order valence-electron chi connectivity index (χ0n) is 13.2. The molecule has 0 aromatic heterocycles. The third kappa shape index (κ3) is 5.61. The highest BCUT2D eigenvalue weighted by Gasteiger charge is 2.30. The van der Waals surface area contributed by atoms with Crippen molar-refractivity contribution >= 4 is 84.3 Å². The maximum atomic E-state index is 13.3. The summed E-state index contributed by atoms with van der Waals surface area (Å²) in [5.74, 6) is -1.84. The molecule has 1 rings (SSSR count). The van der Waals surface area contributed by atoms with Gasteiger partial charge in [-0.3, -0.25) is 0 Å². The summed E-state index contributed by atoms with van der Waals surface area (Å²) in [5.41, 5.74) is 5.89. The molecule has 1 aromatic carbocycles. The lowest BCUT2D eigenvalue weighted by atomic mass is 10.00. The number of hydrogen-bond donors (Lipinski definition) is 2. The van der Waals surface area contributed by atoms with E-state index in [-0.39, 0.29) is 20.6 Å². The molecule has 0 amide bonds. The number of ether oxygens (including phenoxy) is 1. The monoisotopic (exact) mass is 483 g/mol. The fourth-order valence-corrected chi connectivity index (χ4v) is 4.25. The third-order valence-corrected chi connectivity index (χ3v) is 6.79. The summed E-state index contributed by atoms with van der Waals surface area (Å²) in [4.78, 5) is 10.2. The fraction of sp³-hybridized carbons (Fsp3) is 0.385. The standard InChI is InChI=1S/C13H13F4NO2S6/c1-4(2)7(18)9(21)10(22)13(19)20-8-11(25-16)5(23-14)3-6(24-15)12(8)26-17/h3-4,7,9,21H,18H2,1-2H3. The van der Waals surface area contributed by atoms with Crippen LogP contribution in [0.1, 0.15) is 13.8 Å². The van der Waals surface area contributed by atoms with Crippen molar-refractivity contribution in [3.8, 4) is 5.75 Å². The Morgan fingerprint density at radius 3 is 1.92 bits per heavy atom. The lowest BCUT2D eigenvalue weighted by Crippen LogP contribution is -2.43. The number of carbonyl (C=O) groups is 1. The van der Waals surface area contributed by atoms with Gasteiger partial charge in [0.05, 0.1) is 63.6 Å². The first-order valence-electron chi connectivity index (χ1n) is 6.78. The van der Waals surface area contributed by atoms with E-state index in [2.05, 4.69) is 12.6 Å². The van der Waals surface area contributed by atoms with Gasteiger partial charge < -0.3 is 10.5 Å². The van der Waals surface area contributed by atoms with Crippen LogP contribution in [0.5, 0.6) is 5.75 Å². The Morgan fingerprint density at radius 2 is 1.58 bits per heavy atom. The molecule has 146 valence electrons. The van der Waals surface area contributed by atoms with Gasteiger partial charge in [-0.2, -0.15) is 28.2 Å². The predicted molar refractivity (Wildman–Crippen MR) is 108 cm³/mol. The Hall–Kier alpha value is 0.210. The van der Waals surface area contributed by atoms with Crippen LogP contribution in [-0.4, -0.2) is 22.1 Å². The molecule has 0 heterocycles. The van der Waals surface area contributed by atoms with Crippen molar-refractivity contribution < 1.29 is 25.1 Å². The zero-order valence-corrected chi connectivity index (χ0v) is 18.2. The molecule has 0 bridgehead atoms. The van der Waals surface area contributed by atoms with Crippen LogP contribution in [0.15, 0.2) is 25.6 Å². The second kappa shape index (κ2) is 11.3. The van der Waals surface area contributed by atoms with Gasteiger partial charge >= 0.3 is 5.97 Å². The summed E-state index contributed by atoms with van der Waals surface area (Å²) in [5, 5.41) is -0.853. The molecule has 0 aliphatic rings. The Bertz CT molecular complexity index is 648. The molecule has 13 heteroatoms. The first kappa shape index (κ1) is 24.2. The minimum absolute atomic E-state index is 0.0574. The minimum Gasteiger partial charge on any atom is -0.420 e. The highest BCUT2D eigenvalue weighted by molar-refractivity contribution is 7.98. The number of carbonyl (C=O) groups excluding carboxylic acids is 1. The van der Waals surface area contributed by atoms with Gasteiger partial charge in [0.2, 0.25) is 0 Å². The average molecular weight is 484 g/mol. The van der Waals surface area contributed by atoms with E-state index < -0.39 is 81.4 Å². The van der Waals surface area contributed by atoms with E-state index in [4.69, 9.17) is 22.7 Å². The van der Waals surface area contributed by atoms with E-state index in [1.807, 2.05) is 0 Å². The zero-order chi connectivity index (χ0) is 20.0. The van der Waals surface area contributed by atoms with Gasteiger partial charge in [-0.25, -0.2) is 4.79 Å². The highest BCUT2D eigenvalue weighted by Crippen LogP contribution is 2.50. The largest absolute Gasteiger partial charge is 0.420 e. The van der Waals surface area contributed by atoms with Crippen LogP contribution in [0, 0.1) is 5.92 Å². The Balaban J connectivity index is 3.29. The van der Waals surface area contributed by atoms with Crippen LogP contribution in [0.3, 0.4) is 0 Å². The molecule has 2 unspecified atom stereocenters. The second-order valence-electron chi connectivity index (χ2n) is 5.19. The van der Waals surface area contributed by atoms with Gasteiger partial charge in [0, 0.05) is 6.04 Å². The minimum atomic E-state index is -1.13. The van der Waals surface area contributed by atoms with E-state index in [0.29, 0.717) is 0 Å². The Kier molecular flexibility index (Phi) is 10.5. The molecule has 26 heavy (non-hydrogen) atoms. The number of halogens is 4. The van der Waals surface area contributed by atoms with Crippen molar-refractivity contribution in [3.05, 3.63) is 6.07 Å². The summed E-state index contributed by atoms with van der Waals surface area (Å²) in [6.07, 6.45) is 0. The van der Waals surface area contributed by atoms with Gasteiger partial charge in [-0.1, -0.05) is 26.1 Å². The predicted octanol–water partition coefficient (Wildman–Crippen LogP) is 6.15. The Labute approximate surface area is 176 Å². The number of hydrogen-bond acceptors (Lipinski definition) is 9.